The molecule has 1 fully saturated rings. The van der Waals surface area contributed by atoms with Crippen molar-refractivity contribution in [3.05, 3.63) is 91.0 Å². The van der Waals surface area contributed by atoms with E-state index in [9.17, 15) is 9.59 Å². The van der Waals surface area contributed by atoms with Gasteiger partial charge in [0.25, 0.3) is 0 Å². The van der Waals surface area contributed by atoms with Gasteiger partial charge in [0.15, 0.2) is 0 Å². The fraction of sp³-hybridized carbons (Fsp3) is 0.231. The summed E-state index contributed by atoms with van der Waals surface area (Å²) in [4.78, 5) is 23.6. The molecule has 0 aromatic heterocycles. The van der Waals surface area contributed by atoms with Crippen molar-refractivity contribution in [2.45, 2.75) is 18.9 Å². The number of thioether (sulfide) groups is 1. The molecule has 0 radical (unpaired) electrons. The molecule has 1 aliphatic heterocycles. The Bertz CT molecular complexity index is 999. The maximum absolute atomic E-state index is 12.2. The molecule has 1 atom stereocenters. The molecule has 172 valence electrons. The van der Waals surface area contributed by atoms with E-state index >= 15 is 0 Å². The van der Waals surface area contributed by atoms with E-state index < -0.39 is 11.3 Å². The third kappa shape index (κ3) is 4.89. The van der Waals surface area contributed by atoms with Crippen molar-refractivity contribution in [1.29, 1.82) is 0 Å². The van der Waals surface area contributed by atoms with Gasteiger partial charge in [0.1, 0.15) is 0 Å². The van der Waals surface area contributed by atoms with Crippen LogP contribution in [0.1, 0.15) is 12.8 Å². The number of hydrogen-bond acceptors (Lipinski definition) is 4. The molecule has 1 N–H and O–H groups in total. The minimum atomic E-state index is -2.94. The number of unbranched alkanes of at least 4 members (excludes halogenated alkanes) is 1. The molecule has 4 rings (SSSR count). The van der Waals surface area contributed by atoms with Crippen LogP contribution in [-0.2, 0) is 9.53 Å². The van der Waals surface area contributed by atoms with Crippen LogP contribution in [0.2, 0.25) is 0 Å². The van der Waals surface area contributed by atoms with Crippen molar-refractivity contribution in [1.82, 2.24) is 5.32 Å². The molecule has 7 heteroatoms. The van der Waals surface area contributed by atoms with Gasteiger partial charge in [0.2, 0.25) is 0 Å². The van der Waals surface area contributed by atoms with Crippen molar-refractivity contribution in [3.8, 4) is 0 Å². The Kier molecular flexibility index (Phi) is 7.58. The van der Waals surface area contributed by atoms with Gasteiger partial charge in [-0.15, -0.1) is 0 Å². The quantitative estimate of drug-likeness (QED) is 0.235. The van der Waals surface area contributed by atoms with Crippen LogP contribution < -0.4 is 21.2 Å². The number of nitrogens with one attached hydrogen (secondary N) is 1. The van der Waals surface area contributed by atoms with E-state index in [0.717, 1.165) is 30.8 Å². The average molecular weight is 544 g/mol. The van der Waals surface area contributed by atoms with Gasteiger partial charge >= 0.3 is 208 Å². The van der Waals surface area contributed by atoms with Crippen molar-refractivity contribution < 1.29 is 14.3 Å². The Labute approximate surface area is 207 Å². The zero-order chi connectivity index (χ0) is 23.2. The molecule has 1 aliphatic rings. The molecule has 4 nitrogen and oxygen atoms in total. The number of carbonyl (C=O) groups is 2. The van der Waals surface area contributed by atoms with E-state index in [4.69, 9.17) is 4.74 Å². The molecule has 1 unspecified atom stereocenters. The van der Waals surface area contributed by atoms with Crippen LogP contribution in [0, 0.1) is 0 Å². The van der Waals surface area contributed by atoms with Gasteiger partial charge in [-0.2, -0.15) is 0 Å². The van der Waals surface area contributed by atoms with Gasteiger partial charge in [-0.3, -0.25) is 0 Å². The zero-order valence-electron chi connectivity index (χ0n) is 18.2. The number of rotatable bonds is 9. The first kappa shape index (κ1) is 24.0. The summed E-state index contributed by atoms with van der Waals surface area (Å²) in [6, 6.07) is 31.5. The van der Waals surface area contributed by atoms with Crippen molar-refractivity contribution in [3.63, 3.8) is 0 Å². The number of benzene rings is 3. The second-order valence-corrected chi connectivity index (χ2v) is 18.1. The summed E-state index contributed by atoms with van der Waals surface area (Å²) in [5.41, 5.74) is 0. The number of amides is 1. The van der Waals surface area contributed by atoms with E-state index in [1.54, 1.807) is 0 Å². The topological polar surface area (TPSA) is 55.4 Å². The van der Waals surface area contributed by atoms with Gasteiger partial charge in [-0.1, -0.05) is 0 Å². The van der Waals surface area contributed by atoms with Gasteiger partial charge in [-0.25, -0.2) is 0 Å². The van der Waals surface area contributed by atoms with Gasteiger partial charge in [0, 0.05) is 0 Å². The second kappa shape index (κ2) is 10.4. The molecule has 0 saturated carbocycles. The van der Waals surface area contributed by atoms with E-state index in [0.29, 0.717) is 12.4 Å². The molecule has 1 amide bonds. The van der Waals surface area contributed by atoms with Crippen LogP contribution in [0.25, 0.3) is 0 Å². The van der Waals surface area contributed by atoms with Crippen LogP contribution in [0.4, 0.5) is 4.79 Å². The summed E-state index contributed by atoms with van der Waals surface area (Å²) in [5.74, 6) is 0.0880. The Balaban J connectivity index is 1.59. The third-order valence-corrected chi connectivity index (χ3v) is 17.0. The summed E-state index contributed by atoms with van der Waals surface area (Å²) in [6.07, 6.45) is 2.52. The van der Waals surface area contributed by atoms with Gasteiger partial charge in [0.05, 0.1) is 0 Å². The van der Waals surface area contributed by atoms with Crippen molar-refractivity contribution in [2.24, 2.45) is 0 Å². The maximum atomic E-state index is 12.2. The normalized spacial score (nSPS) is 17.1. The summed E-state index contributed by atoms with van der Waals surface area (Å²) in [5, 5.41) is 3.38. The molecule has 3 aromatic rings. The van der Waals surface area contributed by atoms with Gasteiger partial charge in [-0.05, 0) is 0 Å². The Morgan fingerprint density at radius 2 is 1.36 bits per heavy atom. The second-order valence-electron chi connectivity index (χ2n) is 8.08. The zero-order valence-corrected chi connectivity index (χ0v) is 21.5. The average Bonchev–Trinajstić information content (AvgIpc) is 3.32. The molecule has 1 saturated heterocycles. The van der Waals surface area contributed by atoms with Crippen molar-refractivity contribution in [2.75, 3.05) is 18.5 Å². The number of carbonyl (C=O) groups excluding carboxylic acids is 2. The molecule has 1 heterocycles. The van der Waals surface area contributed by atoms with Crippen LogP contribution in [0.3, 0.4) is 0 Å². The molecular weight excluding hydrogens is 517 g/mol. The molecule has 0 spiro atoms. The van der Waals surface area contributed by atoms with Crippen LogP contribution >= 0.6 is 32.6 Å². The summed E-state index contributed by atoms with van der Waals surface area (Å²) in [6.45, 7) is 0.341. The predicted molar refractivity (Wildman–Crippen MR) is 144 cm³/mol. The number of ether oxygens (including phenoxy) is 1. The fourth-order valence-corrected chi connectivity index (χ4v) is 12.9. The number of esters is 1. The van der Waals surface area contributed by atoms with Crippen LogP contribution in [-0.4, -0.2) is 35.8 Å². The Morgan fingerprint density at radius 3 is 1.79 bits per heavy atom. The first-order valence-electron chi connectivity index (χ1n) is 11.0. The van der Waals surface area contributed by atoms with E-state index in [2.05, 4.69) is 93.6 Å². The minimum absolute atomic E-state index is 0.165. The molecular formula is C26H27BrNO3PS. The molecule has 33 heavy (non-hydrogen) atoms. The monoisotopic (exact) mass is 543 g/mol. The first-order chi connectivity index (χ1) is 16.0. The number of hydrogen-bond donors (Lipinski definition) is 1. The van der Waals surface area contributed by atoms with Crippen molar-refractivity contribution >= 4 is 59.7 Å². The first-order valence-corrected chi connectivity index (χ1v) is 16.4. The summed E-state index contributed by atoms with van der Waals surface area (Å²) >= 11 is 5.55. The van der Waals surface area contributed by atoms with E-state index in [1.807, 2.05) is 18.2 Å². The van der Waals surface area contributed by atoms with Gasteiger partial charge < -0.3 is 0 Å². The molecule has 3 aromatic carbocycles. The predicted octanol–water partition coefficient (Wildman–Crippen LogP) is 4.97. The third-order valence-electron chi connectivity index (χ3n) is 6.06. The van der Waals surface area contributed by atoms with Crippen LogP contribution in [0.5, 0.6) is 0 Å². The van der Waals surface area contributed by atoms with E-state index in [1.165, 1.54) is 15.9 Å². The fourth-order valence-electron chi connectivity index (χ4n) is 4.35. The Hall–Kier alpha value is -2.14. The van der Waals surface area contributed by atoms with Crippen LogP contribution in [0.15, 0.2) is 91.0 Å². The SMILES string of the molecule is O=C1NC(C(=O)OCCCCP(Br)(c2ccccc2)(c2ccccc2)c2ccccc2)CS1. The molecule has 0 aliphatic carbocycles. The number of halogens is 1. The van der Waals surface area contributed by atoms with E-state index in [-0.39, 0.29) is 11.2 Å². The Morgan fingerprint density at radius 1 is 0.879 bits per heavy atom. The standard InChI is InChI=1S/C26H27BrNO3PS/c27-32(21-12-4-1-5-13-21,22-14-6-2-7-15-22,23-16-8-3-9-17-23)19-11-10-18-31-25(29)24-20-33-26(30)28-24/h1-9,12-17,24H,10-11,18-20H2,(H,28,30). The summed E-state index contributed by atoms with van der Waals surface area (Å²) in [7, 11) is 0. The summed E-state index contributed by atoms with van der Waals surface area (Å²) < 4.78 is 5.47. The molecule has 0 bridgehead atoms.